The summed E-state index contributed by atoms with van der Waals surface area (Å²) in [5.74, 6) is -8.32. The zero-order chi connectivity index (χ0) is 15.9. The first kappa shape index (κ1) is 16.3. The Morgan fingerprint density at radius 2 is 1.48 bits per heavy atom. The average Bonchev–Trinajstić information content (AvgIpc) is 2.37. The van der Waals surface area contributed by atoms with Crippen LogP contribution in [-0.2, 0) is 15.2 Å². The molecule has 0 N–H and O–H groups in total. The van der Waals surface area contributed by atoms with Gasteiger partial charge in [0.1, 0.15) is 0 Å². The predicted octanol–water partition coefficient (Wildman–Crippen LogP) is 3.20. The molecule has 0 radical (unpaired) electrons. The maximum atomic E-state index is 13.5. The van der Waals surface area contributed by atoms with Gasteiger partial charge < -0.3 is 9.31 Å². The summed E-state index contributed by atoms with van der Waals surface area (Å²) < 4.78 is 63.9. The molecule has 0 amide bonds. The second kappa shape index (κ2) is 5.28. The lowest BCUT2D eigenvalue weighted by molar-refractivity contribution is -0.204. The molecule has 1 aromatic carbocycles. The molecule has 0 saturated carbocycles. The van der Waals surface area contributed by atoms with Crippen LogP contribution in [0.2, 0.25) is 0 Å². The van der Waals surface area contributed by atoms with Gasteiger partial charge in [-0.1, -0.05) is 38.1 Å². The molecule has 0 aliphatic carbocycles. The molecule has 116 valence electrons. The van der Waals surface area contributed by atoms with E-state index in [0.29, 0.717) is 18.7 Å². The maximum Gasteiger partial charge on any atom is 0.493 e. The summed E-state index contributed by atoms with van der Waals surface area (Å²) in [5.41, 5.74) is -0.298. The molecular weight excluding hydrogens is 287 g/mol. The number of hydrogen-bond donors (Lipinski definition) is 0. The smallest absolute Gasteiger partial charge is 0.407 e. The molecule has 0 bridgehead atoms. The summed E-state index contributed by atoms with van der Waals surface area (Å²) in [6.07, 6.45) is 0. The lowest BCUT2D eigenvalue weighted by Gasteiger charge is -2.33. The molecule has 1 aromatic rings. The average molecular weight is 304 g/mol. The quantitative estimate of drug-likeness (QED) is 0.630. The largest absolute Gasteiger partial charge is 0.493 e. The van der Waals surface area contributed by atoms with E-state index in [1.807, 2.05) is 13.8 Å². The Labute approximate surface area is 121 Å². The van der Waals surface area contributed by atoms with Crippen molar-refractivity contribution in [2.45, 2.75) is 32.6 Å². The third-order valence-corrected chi connectivity index (χ3v) is 3.35. The molecule has 0 aromatic heterocycles. The van der Waals surface area contributed by atoms with Crippen LogP contribution in [0.4, 0.5) is 17.6 Å². The first-order valence-electron chi connectivity index (χ1n) is 6.62. The lowest BCUT2D eigenvalue weighted by atomic mass is 9.75. The Kier molecular flexibility index (Phi) is 4.10. The Morgan fingerprint density at radius 3 is 1.90 bits per heavy atom. The van der Waals surface area contributed by atoms with Gasteiger partial charge in [0.15, 0.2) is 0 Å². The third-order valence-electron chi connectivity index (χ3n) is 3.35. The van der Waals surface area contributed by atoms with Gasteiger partial charge in [0.2, 0.25) is 0 Å². The molecule has 2 nitrogen and oxygen atoms in total. The van der Waals surface area contributed by atoms with Crippen LogP contribution in [0.3, 0.4) is 0 Å². The van der Waals surface area contributed by atoms with Crippen LogP contribution in [0, 0.1) is 5.41 Å². The van der Waals surface area contributed by atoms with E-state index in [2.05, 4.69) is 0 Å². The van der Waals surface area contributed by atoms with Crippen molar-refractivity contribution in [2.24, 2.45) is 5.41 Å². The fourth-order valence-electron chi connectivity index (χ4n) is 1.99. The highest BCUT2D eigenvalue weighted by atomic mass is 19.3. The van der Waals surface area contributed by atoms with Gasteiger partial charge in [-0.25, -0.2) is 0 Å². The lowest BCUT2D eigenvalue weighted by Crippen LogP contribution is -2.47. The number of alkyl halides is 4. The van der Waals surface area contributed by atoms with Gasteiger partial charge in [-0.05, 0) is 5.46 Å². The second-order valence-electron chi connectivity index (χ2n) is 6.20. The van der Waals surface area contributed by atoms with E-state index >= 15 is 0 Å². The first-order valence-corrected chi connectivity index (χ1v) is 6.62. The van der Waals surface area contributed by atoms with E-state index in [4.69, 9.17) is 9.31 Å². The van der Waals surface area contributed by atoms with Crippen molar-refractivity contribution in [3.63, 3.8) is 0 Å². The Morgan fingerprint density at radius 1 is 1.00 bits per heavy atom. The van der Waals surface area contributed by atoms with Crippen molar-refractivity contribution in [3.8, 4) is 0 Å². The van der Waals surface area contributed by atoms with Crippen molar-refractivity contribution < 1.29 is 26.9 Å². The predicted molar refractivity (Wildman–Crippen MR) is 72.0 cm³/mol. The van der Waals surface area contributed by atoms with Gasteiger partial charge in [0.05, 0.1) is 0 Å². The molecule has 1 aliphatic rings. The minimum Gasteiger partial charge on any atom is -0.407 e. The van der Waals surface area contributed by atoms with Gasteiger partial charge in [0.25, 0.3) is 0 Å². The van der Waals surface area contributed by atoms with Crippen LogP contribution < -0.4 is 5.46 Å². The topological polar surface area (TPSA) is 18.5 Å². The molecule has 1 fully saturated rings. The van der Waals surface area contributed by atoms with Gasteiger partial charge in [-0.15, -0.1) is 0 Å². The van der Waals surface area contributed by atoms with Crippen LogP contribution in [0.25, 0.3) is 0 Å². The van der Waals surface area contributed by atoms with E-state index in [9.17, 15) is 17.6 Å². The van der Waals surface area contributed by atoms with E-state index in [1.54, 1.807) is 0 Å². The standard InChI is InChI=1S/C14H17BF4O2/c1-12(2)8-20-15(21-9-12)11-6-4-10(5-7-11)14(18,19)13(3,16)17/h4-7H,8-9H2,1-3H3. The van der Waals surface area contributed by atoms with Crippen LogP contribution in [0.15, 0.2) is 24.3 Å². The van der Waals surface area contributed by atoms with Crippen LogP contribution in [0.1, 0.15) is 26.3 Å². The molecular formula is C14H17BF4O2. The molecule has 0 atom stereocenters. The first-order chi connectivity index (χ1) is 9.53. The van der Waals surface area contributed by atoms with Gasteiger partial charge >= 0.3 is 19.0 Å². The van der Waals surface area contributed by atoms with Gasteiger partial charge in [0, 0.05) is 31.1 Å². The monoisotopic (exact) mass is 304 g/mol. The van der Waals surface area contributed by atoms with Crippen molar-refractivity contribution >= 4 is 12.6 Å². The Bertz CT molecular complexity index is 487. The van der Waals surface area contributed by atoms with Gasteiger partial charge in [-0.2, -0.15) is 17.6 Å². The van der Waals surface area contributed by atoms with Crippen LogP contribution >= 0.6 is 0 Å². The zero-order valence-electron chi connectivity index (χ0n) is 12.1. The highest BCUT2D eigenvalue weighted by Gasteiger charge is 2.53. The minimum atomic E-state index is -4.21. The molecule has 1 aliphatic heterocycles. The summed E-state index contributed by atoms with van der Waals surface area (Å²) >= 11 is 0. The fraction of sp³-hybridized carbons (Fsp3) is 0.571. The molecule has 7 heteroatoms. The van der Waals surface area contributed by atoms with Crippen molar-refractivity contribution in [3.05, 3.63) is 29.8 Å². The summed E-state index contributed by atoms with van der Waals surface area (Å²) in [5, 5.41) is 0. The van der Waals surface area contributed by atoms with E-state index < -0.39 is 24.5 Å². The Balaban J connectivity index is 2.13. The molecule has 1 heterocycles. The maximum absolute atomic E-state index is 13.5. The normalized spacial score (nSPS) is 19.7. The number of benzene rings is 1. The summed E-state index contributed by atoms with van der Waals surface area (Å²) in [6.45, 7) is 5.12. The Hall–Kier alpha value is -1.08. The summed E-state index contributed by atoms with van der Waals surface area (Å²) in [4.78, 5) is 0. The summed E-state index contributed by atoms with van der Waals surface area (Å²) in [7, 11) is -0.650. The van der Waals surface area contributed by atoms with Crippen LogP contribution in [-0.4, -0.2) is 26.3 Å². The highest BCUT2D eigenvalue weighted by Crippen LogP contribution is 2.42. The van der Waals surface area contributed by atoms with Gasteiger partial charge in [-0.3, -0.25) is 0 Å². The zero-order valence-corrected chi connectivity index (χ0v) is 12.1. The fourth-order valence-corrected chi connectivity index (χ4v) is 1.99. The van der Waals surface area contributed by atoms with E-state index in [0.717, 1.165) is 12.1 Å². The van der Waals surface area contributed by atoms with Crippen molar-refractivity contribution in [2.75, 3.05) is 13.2 Å². The van der Waals surface area contributed by atoms with E-state index in [-0.39, 0.29) is 12.3 Å². The number of rotatable bonds is 3. The number of hydrogen-bond acceptors (Lipinski definition) is 2. The molecule has 1 saturated heterocycles. The summed E-state index contributed by atoms with van der Waals surface area (Å²) in [6, 6.07) is 4.63. The molecule has 21 heavy (non-hydrogen) atoms. The third kappa shape index (κ3) is 3.40. The molecule has 0 unspecified atom stereocenters. The number of halogens is 4. The van der Waals surface area contributed by atoms with Crippen molar-refractivity contribution in [1.29, 1.82) is 0 Å². The SMILES string of the molecule is CC1(C)COB(c2ccc(C(F)(F)C(C)(F)F)cc2)OC1. The molecule has 2 rings (SSSR count). The van der Waals surface area contributed by atoms with E-state index in [1.165, 1.54) is 12.1 Å². The van der Waals surface area contributed by atoms with Crippen LogP contribution in [0.5, 0.6) is 0 Å². The minimum absolute atomic E-state index is 0.103. The molecule has 0 spiro atoms. The second-order valence-corrected chi connectivity index (χ2v) is 6.20. The van der Waals surface area contributed by atoms with Crippen molar-refractivity contribution in [1.82, 2.24) is 0 Å². The highest BCUT2D eigenvalue weighted by molar-refractivity contribution is 6.61.